The van der Waals surface area contributed by atoms with Crippen molar-refractivity contribution >= 4 is 28.5 Å². The maximum absolute atomic E-state index is 14.0. The minimum absolute atomic E-state index is 0.0642. The number of amides is 1. The lowest BCUT2D eigenvalue weighted by atomic mass is 10.0. The van der Waals surface area contributed by atoms with Gasteiger partial charge in [0.1, 0.15) is 6.61 Å². The van der Waals surface area contributed by atoms with Crippen LogP contribution >= 0.6 is 22.6 Å². The molecule has 0 unspecified atom stereocenters. The fourth-order valence-electron chi connectivity index (χ4n) is 2.21. The number of hydrogen-bond acceptors (Lipinski definition) is 2. The van der Waals surface area contributed by atoms with E-state index in [4.69, 9.17) is 4.74 Å². The molecule has 0 heterocycles. The topological polar surface area (TPSA) is 38.3 Å². The molecule has 2 aromatic carbocycles. The molecule has 0 fully saturated rings. The number of benzene rings is 2. The predicted molar refractivity (Wildman–Crippen MR) is 97.1 cm³/mol. The molecule has 0 atom stereocenters. The van der Waals surface area contributed by atoms with Crippen molar-refractivity contribution in [2.75, 3.05) is 7.05 Å². The van der Waals surface area contributed by atoms with Crippen molar-refractivity contribution in [1.29, 1.82) is 0 Å². The first-order chi connectivity index (χ1) is 10.9. The fraction of sp³-hybridized carbons (Fsp3) is 0.278. The van der Waals surface area contributed by atoms with E-state index in [0.717, 1.165) is 25.8 Å². The number of likely N-dealkylation sites (N-methyl/N-ethyl adjacent to an activating group) is 1. The summed E-state index contributed by atoms with van der Waals surface area (Å²) in [6.45, 7) is 4.01. The van der Waals surface area contributed by atoms with Gasteiger partial charge in [-0.15, -0.1) is 0 Å². The van der Waals surface area contributed by atoms with Gasteiger partial charge in [0, 0.05) is 16.2 Å². The van der Waals surface area contributed by atoms with Crippen LogP contribution in [0.4, 0.5) is 4.39 Å². The Hall–Kier alpha value is -1.63. The Balaban J connectivity index is 2.23. The van der Waals surface area contributed by atoms with E-state index in [-0.39, 0.29) is 30.5 Å². The molecule has 0 saturated heterocycles. The third kappa shape index (κ3) is 4.43. The zero-order valence-corrected chi connectivity index (χ0v) is 15.5. The Morgan fingerprint density at radius 1 is 1.26 bits per heavy atom. The van der Waals surface area contributed by atoms with Gasteiger partial charge in [0.15, 0.2) is 11.6 Å². The molecule has 0 radical (unpaired) electrons. The molecule has 0 bridgehead atoms. The molecule has 0 aliphatic heterocycles. The maximum atomic E-state index is 14.0. The van der Waals surface area contributed by atoms with E-state index in [9.17, 15) is 9.18 Å². The first kappa shape index (κ1) is 17.7. The van der Waals surface area contributed by atoms with Crippen molar-refractivity contribution in [3.63, 3.8) is 0 Å². The maximum Gasteiger partial charge on any atom is 0.224 e. The molecule has 0 aliphatic rings. The number of halogens is 2. The first-order valence-corrected chi connectivity index (χ1v) is 8.36. The molecule has 5 heteroatoms. The number of hydrogen-bond donors (Lipinski definition) is 1. The molecule has 0 saturated carbocycles. The van der Waals surface area contributed by atoms with Gasteiger partial charge in [-0.05, 0) is 71.3 Å². The number of nitrogens with one attached hydrogen (secondary N) is 1. The highest BCUT2D eigenvalue weighted by Gasteiger charge is 2.12. The van der Waals surface area contributed by atoms with E-state index >= 15 is 0 Å². The van der Waals surface area contributed by atoms with E-state index in [2.05, 4.69) is 27.9 Å². The Bertz CT molecular complexity index is 731. The molecule has 2 rings (SSSR count). The molecular formula is C18H19FINO2. The summed E-state index contributed by atoms with van der Waals surface area (Å²) in [4.78, 5) is 11.6. The van der Waals surface area contributed by atoms with Crippen LogP contribution in [0.2, 0.25) is 0 Å². The highest BCUT2D eigenvalue weighted by molar-refractivity contribution is 14.1. The normalized spacial score (nSPS) is 10.5. The van der Waals surface area contributed by atoms with Crippen molar-refractivity contribution in [1.82, 2.24) is 5.32 Å². The van der Waals surface area contributed by atoms with Crippen LogP contribution in [-0.2, 0) is 17.8 Å². The van der Waals surface area contributed by atoms with Crippen LogP contribution in [0.25, 0.3) is 0 Å². The van der Waals surface area contributed by atoms with Crippen molar-refractivity contribution in [2.24, 2.45) is 0 Å². The number of ether oxygens (including phenoxy) is 1. The third-order valence-electron chi connectivity index (χ3n) is 3.77. The average Bonchev–Trinajstić information content (AvgIpc) is 2.51. The van der Waals surface area contributed by atoms with E-state index in [1.54, 1.807) is 13.1 Å². The lowest BCUT2D eigenvalue weighted by Crippen LogP contribution is -2.21. The molecule has 23 heavy (non-hydrogen) atoms. The second-order valence-electron chi connectivity index (χ2n) is 5.38. The summed E-state index contributed by atoms with van der Waals surface area (Å²) >= 11 is 2.20. The van der Waals surface area contributed by atoms with Gasteiger partial charge in [0.05, 0.1) is 6.42 Å². The number of carbonyl (C=O) groups is 1. The van der Waals surface area contributed by atoms with Crippen molar-refractivity contribution in [3.8, 4) is 5.75 Å². The fourth-order valence-corrected chi connectivity index (χ4v) is 2.92. The molecule has 1 amide bonds. The Morgan fingerprint density at radius 2 is 1.96 bits per heavy atom. The number of aryl methyl sites for hydroxylation is 2. The van der Waals surface area contributed by atoms with Crippen LogP contribution in [0.5, 0.6) is 5.75 Å². The second-order valence-corrected chi connectivity index (χ2v) is 6.55. The SMILES string of the molecule is CNC(=O)Cc1cccc(I)c1COc1cc(C)c(C)cc1F. The van der Waals surface area contributed by atoms with Gasteiger partial charge in [0.2, 0.25) is 5.91 Å². The predicted octanol–water partition coefficient (Wildman–Crippen LogP) is 3.91. The van der Waals surface area contributed by atoms with Crippen LogP contribution in [0.1, 0.15) is 22.3 Å². The zero-order chi connectivity index (χ0) is 17.0. The number of rotatable bonds is 5. The van der Waals surface area contributed by atoms with Gasteiger partial charge in [-0.2, -0.15) is 0 Å². The molecule has 2 aromatic rings. The standard InChI is InChI=1S/C18H19FINO2/c1-11-7-15(19)17(8-12(11)2)23-10-14-13(9-18(22)21-3)5-4-6-16(14)20/h4-8H,9-10H2,1-3H3,(H,21,22). The monoisotopic (exact) mass is 427 g/mol. The van der Waals surface area contributed by atoms with Crippen molar-refractivity contribution in [3.05, 3.63) is 62.0 Å². The summed E-state index contributed by atoms with van der Waals surface area (Å²) in [7, 11) is 1.61. The highest BCUT2D eigenvalue weighted by atomic mass is 127. The second kappa shape index (κ2) is 7.77. The lowest BCUT2D eigenvalue weighted by molar-refractivity contribution is -0.119. The van der Waals surface area contributed by atoms with Crippen LogP contribution in [-0.4, -0.2) is 13.0 Å². The molecular weight excluding hydrogens is 408 g/mol. The minimum atomic E-state index is -0.369. The summed E-state index contributed by atoms with van der Waals surface area (Å²) in [5.74, 6) is -0.198. The van der Waals surface area contributed by atoms with Crippen LogP contribution in [0.3, 0.4) is 0 Å². The Kier molecular flexibility index (Phi) is 5.98. The van der Waals surface area contributed by atoms with Crippen LogP contribution in [0.15, 0.2) is 30.3 Å². The van der Waals surface area contributed by atoms with E-state index in [1.807, 2.05) is 32.0 Å². The van der Waals surface area contributed by atoms with E-state index < -0.39 is 0 Å². The zero-order valence-electron chi connectivity index (χ0n) is 13.4. The lowest BCUT2D eigenvalue weighted by Gasteiger charge is -2.14. The van der Waals surface area contributed by atoms with Gasteiger partial charge in [-0.25, -0.2) is 4.39 Å². The largest absolute Gasteiger partial charge is 0.486 e. The molecule has 0 spiro atoms. The molecule has 0 aromatic heterocycles. The third-order valence-corrected chi connectivity index (χ3v) is 4.78. The van der Waals surface area contributed by atoms with Crippen LogP contribution < -0.4 is 10.1 Å². The average molecular weight is 427 g/mol. The molecule has 122 valence electrons. The first-order valence-electron chi connectivity index (χ1n) is 7.28. The quantitative estimate of drug-likeness (QED) is 0.735. The van der Waals surface area contributed by atoms with Gasteiger partial charge < -0.3 is 10.1 Å². The van der Waals surface area contributed by atoms with Crippen LogP contribution in [0, 0.1) is 23.2 Å². The van der Waals surface area contributed by atoms with Gasteiger partial charge in [-0.1, -0.05) is 12.1 Å². The highest BCUT2D eigenvalue weighted by Crippen LogP contribution is 2.25. The summed E-state index contributed by atoms with van der Waals surface area (Å²) in [6, 6.07) is 8.93. The summed E-state index contributed by atoms with van der Waals surface area (Å²) in [6.07, 6.45) is 0.279. The summed E-state index contributed by atoms with van der Waals surface area (Å²) in [5.41, 5.74) is 3.68. The van der Waals surface area contributed by atoms with Crippen molar-refractivity contribution in [2.45, 2.75) is 26.9 Å². The molecule has 0 aliphatic carbocycles. The van der Waals surface area contributed by atoms with Gasteiger partial charge >= 0.3 is 0 Å². The molecule has 3 nitrogen and oxygen atoms in total. The van der Waals surface area contributed by atoms with Crippen molar-refractivity contribution < 1.29 is 13.9 Å². The summed E-state index contributed by atoms with van der Waals surface area (Å²) in [5, 5.41) is 2.61. The summed E-state index contributed by atoms with van der Waals surface area (Å²) < 4.78 is 20.7. The Labute approximate surface area is 149 Å². The number of carbonyl (C=O) groups excluding carboxylic acids is 1. The van der Waals surface area contributed by atoms with E-state index in [1.165, 1.54) is 6.07 Å². The van der Waals surface area contributed by atoms with Gasteiger partial charge in [0.25, 0.3) is 0 Å². The van der Waals surface area contributed by atoms with Gasteiger partial charge in [-0.3, -0.25) is 4.79 Å². The smallest absolute Gasteiger partial charge is 0.224 e. The minimum Gasteiger partial charge on any atom is -0.486 e. The van der Waals surface area contributed by atoms with E-state index in [0.29, 0.717) is 0 Å². The Morgan fingerprint density at radius 3 is 2.65 bits per heavy atom. The molecule has 1 N–H and O–H groups in total.